The van der Waals surface area contributed by atoms with E-state index in [9.17, 15) is 9.59 Å². The van der Waals surface area contributed by atoms with Gasteiger partial charge in [-0.25, -0.2) is 0 Å². The van der Waals surface area contributed by atoms with Crippen LogP contribution in [0.3, 0.4) is 0 Å². The fourth-order valence-electron chi connectivity index (χ4n) is 1.64. The molecule has 0 bridgehead atoms. The Morgan fingerprint density at radius 3 is 2.05 bits per heavy atom. The Bertz CT molecular complexity index is 308. The summed E-state index contributed by atoms with van der Waals surface area (Å²) < 4.78 is 5.39. The lowest BCUT2D eigenvalue weighted by Crippen LogP contribution is -2.49. The second-order valence-electron chi connectivity index (χ2n) is 6.20. The van der Waals surface area contributed by atoms with Gasteiger partial charge in [0.25, 0.3) is 0 Å². The van der Waals surface area contributed by atoms with Crippen LogP contribution in [0.15, 0.2) is 0 Å². The molecule has 1 amide bonds. The number of esters is 1. The van der Waals surface area contributed by atoms with Crippen molar-refractivity contribution < 1.29 is 14.3 Å². The van der Waals surface area contributed by atoms with Gasteiger partial charge in [-0.3, -0.25) is 9.59 Å². The minimum atomic E-state index is -0.504. The average Bonchev–Trinajstić information content (AvgIpc) is 2.22. The van der Waals surface area contributed by atoms with Crippen LogP contribution in [0.5, 0.6) is 0 Å². The third-order valence-corrected chi connectivity index (χ3v) is 2.56. The summed E-state index contributed by atoms with van der Waals surface area (Å²) in [5.41, 5.74) is -0.504. The number of hydrogen-bond acceptors (Lipinski definition) is 4. The third kappa shape index (κ3) is 7.82. The maximum Gasteiger partial charge on any atom is 0.323 e. The highest BCUT2D eigenvalue weighted by molar-refractivity contribution is 5.78. The SMILES string of the molecule is CNC(=O)CC(C)N[C@H](C(=O)OC(C)(C)C)C(C)C. The number of amides is 1. The zero-order valence-corrected chi connectivity index (χ0v) is 13.2. The standard InChI is InChI=1S/C14H28N2O3/c1-9(2)12(13(18)19-14(4,5)6)16-10(3)8-11(17)15-7/h9-10,12,16H,8H2,1-7H3,(H,15,17)/t10?,12-/m0/s1. The molecule has 0 aromatic heterocycles. The van der Waals surface area contributed by atoms with Crippen LogP contribution >= 0.6 is 0 Å². The fraction of sp³-hybridized carbons (Fsp3) is 0.857. The van der Waals surface area contributed by atoms with Gasteiger partial charge in [0, 0.05) is 19.5 Å². The molecule has 0 saturated carbocycles. The van der Waals surface area contributed by atoms with E-state index in [4.69, 9.17) is 4.74 Å². The van der Waals surface area contributed by atoms with Gasteiger partial charge in [0.2, 0.25) is 5.91 Å². The van der Waals surface area contributed by atoms with E-state index in [1.807, 2.05) is 41.5 Å². The zero-order chi connectivity index (χ0) is 15.2. The highest BCUT2D eigenvalue weighted by Gasteiger charge is 2.29. The maximum atomic E-state index is 12.1. The molecule has 1 unspecified atom stereocenters. The van der Waals surface area contributed by atoms with Crippen molar-refractivity contribution in [3.63, 3.8) is 0 Å². The first-order valence-corrected chi connectivity index (χ1v) is 6.76. The van der Waals surface area contributed by atoms with Crippen molar-refractivity contribution in [1.29, 1.82) is 0 Å². The summed E-state index contributed by atoms with van der Waals surface area (Å²) in [6.45, 7) is 11.3. The molecular weight excluding hydrogens is 244 g/mol. The summed E-state index contributed by atoms with van der Waals surface area (Å²) in [7, 11) is 1.60. The van der Waals surface area contributed by atoms with E-state index >= 15 is 0 Å². The van der Waals surface area contributed by atoms with Gasteiger partial charge in [-0.15, -0.1) is 0 Å². The van der Waals surface area contributed by atoms with Crippen LogP contribution in [0.25, 0.3) is 0 Å². The van der Waals surface area contributed by atoms with Crippen LogP contribution in [0.4, 0.5) is 0 Å². The quantitative estimate of drug-likeness (QED) is 0.719. The van der Waals surface area contributed by atoms with E-state index < -0.39 is 11.6 Å². The van der Waals surface area contributed by atoms with Crippen LogP contribution in [-0.4, -0.2) is 36.6 Å². The summed E-state index contributed by atoms with van der Waals surface area (Å²) in [5.74, 6) is -0.222. The van der Waals surface area contributed by atoms with Gasteiger partial charge in [-0.05, 0) is 33.6 Å². The monoisotopic (exact) mass is 272 g/mol. The summed E-state index contributed by atoms with van der Waals surface area (Å²) in [6.07, 6.45) is 0.336. The molecule has 0 spiro atoms. The van der Waals surface area contributed by atoms with Gasteiger partial charge in [-0.1, -0.05) is 13.8 Å². The van der Waals surface area contributed by atoms with Crippen molar-refractivity contribution >= 4 is 11.9 Å². The highest BCUT2D eigenvalue weighted by atomic mass is 16.6. The Morgan fingerprint density at radius 1 is 1.16 bits per heavy atom. The first-order chi connectivity index (χ1) is 8.56. The van der Waals surface area contributed by atoms with E-state index in [0.717, 1.165) is 0 Å². The lowest BCUT2D eigenvalue weighted by atomic mass is 10.0. The zero-order valence-electron chi connectivity index (χ0n) is 13.2. The average molecular weight is 272 g/mol. The molecule has 112 valence electrons. The van der Waals surface area contributed by atoms with Crippen LogP contribution in [0.2, 0.25) is 0 Å². The molecule has 0 aliphatic heterocycles. The summed E-state index contributed by atoms with van der Waals surface area (Å²) in [4.78, 5) is 23.4. The summed E-state index contributed by atoms with van der Waals surface area (Å²) >= 11 is 0. The second-order valence-corrected chi connectivity index (χ2v) is 6.20. The van der Waals surface area contributed by atoms with Crippen molar-refractivity contribution in [2.45, 2.75) is 65.6 Å². The van der Waals surface area contributed by atoms with Crippen LogP contribution < -0.4 is 10.6 Å². The Morgan fingerprint density at radius 2 is 1.68 bits per heavy atom. The molecule has 0 aromatic rings. The predicted molar refractivity (Wildman–Crippen MR) is 75.8 cm³/mol. The predicted octanol–water partition coefficient (Wildman–Crippen LogP) is 1.47. The van der Waals surface area contributed by atoms with Gasteiger partial charge in [0.1, 0.15) is 11.6 Å². The van der Waals surface area contributed by atoms with Crippen molar-refractivity contribution in [3.8, 4) is 0 Å². The maximum absolute atomic E-state index is 12.1. The third-order valence-electron chi connectivity index (χ3n) is 2.56. The van der Waals surface area contributed by atoms with Crippen LogP contribution in [0, 0.1) is 5.92 Å². The molecule has 0 fully saturated rings. The minimum absolute atomic E-state index is 0.0494. The molecule has 0 aliphatic carbocycles. The lowest BCUT2D eigenvalue weighted by molar-refractivity contribution is -0.159. The number of nitrogens with one attached hydrogen (secondary N) is 2. The van der Waals surface area contributed by atoms with Crippen molar-refractivity contribution in [2.75, 3.05) is 7.05 Å². The number of carbonyl (C=O) groups excluding carboxylic acids is 2. The molecule has 5 nitrogen and oxygen atoms in total. The highest BCUT2D eigenvalue weighted by Crippen LogP contribution is 2.13. The Labute approximate surface area is 116 Å². The first-order valence-electron chi connectivity index (χ1n) is 6.76. The number of hydrogen-bond donors (Lipinski definition) is 2. The van der Waals surface area contributed by atoms with Crippen LogP contribution in [-0.2, 0) is 14.3 Å². The number of rotatable bonds is 6. The summed E-state index contributed by atoms with van der Waals surface area (Å²) in [6, 6.07) is -0.487. The van der Waals surface area contributed by atoms with Crippen molar-refractivity contribution in [3.05, 3.63) is 0 Å². The molecule has 19 heavy (non-hydrogen) atoms. The van der Waals surface area contributed by atoms with Gasteiger partial charge in [0.05, 0.1) is 0 Å². The molecule has 0 aromatic carbocycles. The number of ether oxygens (including phenoxy) is 1. The molecule has 0 heterocycles. The molecule has 0 aliphatic rings. The molecule has 0 radical (unpaired) electrons. The summed E-state index contributed by atoms with van der Waals surface area (Å²) in [5, 5.41) is 5.74. The van der Waals surface area contributed by atoms with Gasteiger partial charge in [-0.2, -0.15) is 0 Å². The number of carbonyl (C=O) groups is 2. The molecule has 2 atom stereocenters. The largest absolute Gasteiger partial charge is 0.459 e. The first kappa shape index (κ1) is 17.9. The van der Waals surface area contributed by atoms with Gasteiger partial charge in [0.15, 0.2) is 0 Å². The van der Waals surface area contributed by atoms with Crippen molar-refractivity contribution in [2.24, 2.45) is 5.92 Å². The van der Waals surface area contributed by atoms with E-state index in [-0.39, 0.29) is 23.8 Å². The van der Waals surface area contributed by atoms with Crippen molar-refractivity contribution in [1.82, 2.24) is 10.6 Å². The van der Waals surface area contributed by atoms with Crippen LogP contribution in [0.1, 0.15) is 48.0 Å². The fourth-order valence-corrected chi connectivity index (χ4v) is 1.64. The molecule has 0 rings (SSSR count). The Balaban J connectivity index is 4.57. The minimum Gasteiger partial charge on any atom is -0.459 e. The van der Waals surface area contributed by atoms with E-state index in [2.05, 4.69) is 10.6 Å². The van der Waals surface area contributed by atoms with Gasteiger partial charge >= 0.3 is 5.97 Å². The molecule has 2 N–H and O–H groups in total. The van der Waals surface area contributed by atoms with Gasteiger partial charge < -0.3 is 15.4 Å². The van der Waals surface area contributed by atoms with E-state index in [1.165, 1.54) is 0 Å². The normalized spacial score (nSPS) is 14.9. The van der Waals surface area contributed by atoms with E-state index in [1.54, 1.807) is 7.05 Å². The van der Waals surface area contributed by atoms with E-state index in [0.29, 0.717) is 6.42 Å². The molecular formula is C14H28N2O3. The molecule has 0 saturated heterocycles. The molecule has 5 heteroatoms. The topological polar surface area (TPSA) is 67.4 Å². The Hall–Kier alpha value is -1.10. The smallest absolute Gasteiger partial charge is 0.323 e. The Kier molecular flexibility index (Phi) is 7.05. The lowest BCUT2D eigenvalue weighted by Gasteiger charge is -2.28. The second kappa shape index (κ2) is 7.48.